The van der Waals surface area contributed by atoms with Gasteiger partial charge in [-0.1, -0.05) is 70.5 Å². The van der Waals surface area contributed by atoms with E-state index < -0.39 is 41.2 Å². The highest BCUT2D eigenvalue weighted by atomic mass is 79.9. The van der Waals surface area contributed by atoms with E-state index in [0.717, 1.165) is 0 Å². The van der Waals surface area contributed by atoms with E-state index in [1.54, 1.807) is 91.0 Å². The standard InChI is InChI=1S/C26H21BrO7/c27-23-22(34-26(30)19-14-8-3-9-15-19)21(33-25(29)18-12-6-2-7-13-18)20(16-31-23)32-24(28)17-10-4-1-5-11-17/h1-15,20-23H,16H2/t20-,21-,22+,23-/m0/s1. The fraction of sp³-hybridized carbons (Fsp3) is 0.192. The molecule has 1 heterocycles. The van der Waals surface area contributed by atoms with Crippen LogP contribution in [0.3, 0.4) is 0 Å². The van der Waals surface area contributed by atoms with E-state index in [1.807, 2.05) is 0 Å². The van der Waals surface area contributed by atoms with Crippen molar-refractivity contribution in [1.29, 1.82) is 0 Å². The molecule has 1 aliphatic rings. The largest absolute Gasteiger partial charge is 0.452 e. The summed E-state index contributed by atoms with van der Waals surface area (Å²) in [5.41, 5.74) is 0.953. The van der Waals surface area contributed by atoms with Gasteiger partial charge >= 0.3 is 17.9 Å². The summed E-state index contributed by atoms with van der Waals surface area (Å²) >= 11 is 3.35. The summed E-state index contributed by atoms with van der Waals surface area (Å²) in [7, 11) is 0. The van der Waals surface area contributed by atoms with E-state index in [2.05, 4.69) is 15.9 Å². The number of carbonyl (C=O) groups is 3. The molecule has 1 aliphatic heterocycles. The van der Waals surface area contributed by atoms with Crippen LogP contribution in [0.1, 0.15) is 31.1 Å². The lowest BCUT2D eigenvalue weighted by atomic mass is 10.0. The number of hydrogen-bond donors (Lipinski definition) is 0. The molecule has 7 nitrogen and oxygen atoms in total. The SMILES string of the molecule is O=C(O[C@@H]1[C@@H](OC(=O)c2ccccc2)[C@@H](Br)OC[C@@H]1OC(=O)c1ccccc1)c1ccccc1. The van der Waals surface area contributed by atoms with Gasteiger partial charge in [-0.15, -0.1) is 0 Å². The third-order valence-corrected chi connectivity index (χ3v) is 5.93. The van der Waals surface area contributed by atoms with Crippen molar-refractivity contribution >= 4 is 33.8 Å². The molecule has 1 saturated heterocycles. The Bertz CT molecular complexity index is 1120. The lowest BCUT2D eigenvalue weighted by molar-refractivity contribution is -0.165. The van der Waals surface area contributed by atoms with Gasteiger partial charge in [-0.05, 0) is 36.4 Å². The first-order valence-electron chi connectivity index (χ1n) is 10.6. The minimum absolute atomic E-state index is 0.0688. The predicted octanol–water partition coefficient (Wildman–Crippen LogP) is 4.41. The van der Waals surface area contributed by atoms with Crippen LogP contribution in [-0.2, 0) is 18.9 Å². The molecule has 34 heavy (non-hydrogen) atoms. The number of alkyl halides is 1. The van der Waals surface area contributed by atoms with E-state index in [0.29, 0.717) is 16.7 Å². The smallest absolute Gasteiger partial charge is 0.338 e. The van der Waals surface area contributed by atoms with E-state index in [1.165, 1.54) is 0 Å². The second-order valence-electron chi connectivity index (χ2n) is 7.47. The molecule has 0 unspecified atom stereocenters. The molecule has 8 heteroatoms. The van der Waals surface area contributed by atoms with Crippen LogP contribution in [0.5, 0.6) is 0 Å². The molecule has 4 rings (SSSR count). The van der Waals surface area contributed by atoms with Gasteiger partial charge in [0.15, 0.2) is 23.3 Å². The summed E-state index contributed by atoms with van der Waals surface area (Å²) in [4.78, 5) is 38.3. The molecule has 0 saturated carbocycles. The first-order chi connectivity index (χ1) is 16.5. The molecular weight excluding hydrogens is 504 g/mol. The Kier molecular flexibility index (Phi) is 7.72. The second kappa shape index (κ2) is 11.1. The van der Waals surface area contributed by atoms with Crippen molar-refractivity contribution in [2.75, 3.05) is 6.61 Å². The molecular formula is C26H21BrO7. The van der Waals surface area contributed by atoms with Crippen LogP contribution in [0.15, 0.2) is 91.0 Å². The van der Waals surface area contributed by atoms with Crippen molar-refractivity contribution < 1.29 is 33.3 Å². The normalized spacial score (nSPS) is 21.8. The molecule has 0 bridgehead atoms. The number of esters is 3. The van der Waals surface area contributed by atoms with Crippen molar-refractivity contribution in [3.63, 3.8) is 0 Å². The summed E-state index contributed by atoms with van der Waals surface area (Å²) in [6.07, 6.45) is -3.21. The molecule has 174 valence electrons. The fourth-order valence-corrected chi connectivity index (χ4v) is 3.97. The minimum Gasteiger partial charge on any atom is -0.452 e. The highest BCUT2D eigenvalue weighted by Crippen LogP contribution is 2.29. The Morgan fingerprint density at radius 1 is 0.618 bits per heavy atom. The van der Waals surface area contributed by atoms with Crippen molar-refractivity contribution in [2.45, 2.75) is 23.3 Å². The van der Waals surface area contributed by atoms with Gasteiger partial charge in [-0.3, -0.25) is 0 Å². The number of hydrogen-bond acceptors (Lipinski definition) is 7. The Morgan fingerprint density at radius 2 is 1.00 bits per heavy atom. The van der Waals surface area contributed by atoms with E-state index >= 15 is 0 Å². The lowest BCUT2D eigenvalue weighted by Crippen LogP contribution is -2.56. The summed E-state index contributed by atoms with van der Waals surface area (Å²) < 4.78 is 22.7. The summed E-state index contributed by atoms with van der Waals surface area (Å²) in [5, 5.41) is -0.791. The molecule has 0 radical (unpaired) electrons. The highest BCUT2D eigenvalue weighted by Gasteiger charge is 2.47. The molecule has 1 fully saturated rings. The fourth-order valence-electron chi connectivity index (χ4n) is 3.41. The molecule has 0 amide bonds. The predicted molar refractivity (Wildman–Crippen MR) is 126 cm³/mol. The van der Waals surface area contributed by atoms with Crippen LogP contribution in [0.2, 0.25) is 0 Å². The Labute approximate surface area is 204 Å². The Balaban J connectivity index is 1.59. The van der Waals surface area contributed by atoms with Crippen molar-refractivity contribution in [2.24, 2.45) is 0 Å². The number of carbonyl (C=O) groups excluding carboxylic acids is 3. The Hall–Kier alpha value is -3.49. The number of rotatable bonds is 6. The van der Waals surface area contributed by atoms with E-state index in [-0.39, 0.29) is 6.61 Å². The zero-order chi connectivity index (χ0) is 23.9. The molecule has 0 N–H and O–H groups in total. The van der Waals surface area contributed by atoms with Gasteiger partial charge in [-0.25, -0.2) is 14.4 Å². The molecule has 0 aromatic heterocycles. The van der Waals surface area contributed by atoms with Crippen LogP contribution in [0.4, 0.5) is 0 Å². The van der Waals surface area contributed by atoms with Gasteiger partial charge in [0.05, 0.1) is 23.3 Å². The van der Waals surface area contributed by atoms with Crippen LogP contribution in [-0.4, -0.2) is 47.8 Å². The number of halogens is 1. The third-order valence-electron chi connectivity index (χ3n) is 5.14. The zero-order valence-electron chi connectivity index (χ0n) is 17.9. The third kappa shape index (κ3) is 5.70. The zero-order valence-corrected chi connectivity index (χ0v) is 19.5. The highest BCUT2D eigenvalue weighted by molar-refractivity contribution is 9.09. The first-order valence-corrected chi connectivity index (χ1v) is 11.5. The van der Waals surface area contributed by atoms with Crippen LogP contribution in [0, 0.1) is 0 Å². The average molecular weight is 525 g/mol. The van der Waals surface area contributed by atoms with Crippen molar-refractivity contribution in [1.82, 2.24) is 0 Å². The second-order valence-corrected chi connectivity index (χ2v) is 8.37. The first kappa shape index (κ1) is 23.7. The molecule has 0 spiro atoms. The average Bonchev–Trinajstić information content (AvgIpc) is 2.89. The van der Waals surface area contributed by atoms with Crippen LogP contribution < -0.4 is 0 Å². The topological polar surface area (TPSA) is 88.1 Å². The molecule has 3 aromatic rings. The van der Waals surface area contributed by atoms with Crippen LogP contribution in [0.25, 0.3) is 0 Å². The van der Waals surface area contributed by atoms with Gasteiger partial charge < -0.3 is 18.9 Å². The number of benzene rings is 3. The summed E-state index contributed by atoms with van der Waals surface area (Å²) in [6.45, 7) is -0.0688. The van der Waals surface area contributed by atoms with Gasteiger partial charge in [0.2, 0.25) is 0 Å². The maximum absolute atomic E-state index is 12.9. The van der Waals surface area contributed by atoms with Gasteiger partial charge in [0.1, 0.15) is 0 Å². The number of ether oxygens (including phenoxy) is 4. The quantitative estimate of drug-likeness (QED) is 0.268. The molecule has 3 aromatic carbocycles. The lowest BCUT2D eigenvalue weighted by Gasteiger charge is -2.38. The van der Waals surface area contributed by atoms with Gasteiger partial charge in [-0.2, -0.15) is 0 Å². The minimum atomic E-state index is -1.12. The van der Waals surface area contributed by atoms with Gasteiger partial charge in [0.25, 0.3) is 0 Å². The van der Waals surface area contributed by atoms with Crippen molar-refractivity contribution in [3.8, 4) is 0 Å². The van der Waals surface area contributed by atoms with E-state index in [4.69, 9.17) is 18.9 Å². The molecule has 0 aliphatic carbocycles. The molecule has 4 atom stereocenters. The Morgan fingerprint density at radius 3 is 1.44 bits per heavy atom. The maximum atomic E-state index is 12.9. The van der Waals surface area contributed by atoms with Crippen molar-refractivity contribution in [3.05, 3.63) is 108 Å². The summed E-state index contributed by atoms with van der Waals surface area (Å²) in [5.74, 6) is -1.89. The maximum Gasteiger partial charge on any atom is 0.338 e. The van der Waals surface area contributed by atoms with Gasteiger partial charge in [0, 0.05) is 0 Å². The monoisotopic (exact) mass is 524 g/mol. The van der Waals surface area contributed by atoms with Crippen LogP contribution >= 0.6 is 15.9 Å². The summed E-state index contributed by atoms with van der Waals surface area (Å²) in [6, 6.07) is 25.2. The van der Waals surface area contributed by atoms with E-state index in [9.17, 15) is 14.4 Å².